The molecule has 3 aromatic carbocycles. The van der Waals surface area contributed by atoms with Gasteiger partial charge in [0.2, 0.25) is 0 Å². The molecule has 6 N–H and O–H groups in total. The molecule has 0 saturated carbocycles. The lowest BCUT2D eigenvalue weighted by Gasteiger charge is -2.43. The van der Waals surface area contributed by atoms with Crippen molar-refractivity contribution >= 4 is 27.0 Å². The summed E-state index contributed by atoms with van der Waals surface area (Å²) in [6, 6.07) is 28.3. The fourth-order valence-corrected chi connectivity index (χ4v) is 12.6. The highest BCUT2D eigenvalue weighted by Crippen LogP contribution is 2.41. The molecule has 0 amide bonds. The summed E-state index contributed by atoms with van der Waals surface area (Å²) in [4.78, 5) is 0. The Morgan fingerprint density at radius 1 is 0.552 bits per heavy atom. The first-order chi connectivity index (χ1) is 41.7. The van der Waals surface area contributed by atoms with Crippen molar-refractivity contribution in [3.8, 4) is 0 Å². The number of hydrogen-bond acceptors (Lipinski definition) is 24. The maximum atomic E-state index is 12.5. The zero-order valence-electron chi connectivity index (χ0n) is 52.4. The van der Waals surface area contributed by atoms with Gasteiger partial charge in [0.1, 0.15) is 112 Å². The topological polar surface area (TPSA) is 303 Å². The van der Waals surface area contributed by atoms with Crippen molar-refractivity contribution in [2.24, 2.45) is 0 Å². The second-order valence-electron chi connectivity index (χ2n) is 24.4. The van der Waals surface area contributed by atoms with Crippen LogP contribution in [0, 0.1) is 0 Å². The largest absolute Gasteiger partial charge is 0.414 e. The van der Waals surface area contributed by atoms with Gasteiger partial charge in [-0.05, 0) is 36.3 Å². The van der Waals surface area contributed by atoms with Gasteiger partial charge in [0.15, 0.2) is 35.5 Å². The lowest BCUT2D eigenvalue weighted by molar-refractivity contribution is -0.280. The molecule has 0 radical (unpaired) electrons. The van der Waals surface area contributed by atoms with E-state index < -0.39 is 151 Å². The number of alkyl halides is 1. The van der Waals surface area contributed by atoms with Crippen molar-refractivity contribution in [2.75, 3.05) is 74.3 Å². The zero-order valence-corrected chi connectivity index (χ0v) is 54.3. The molecular formula is C59H93FO24SSi2. The van der Waals surface area contributed by atoms with Crippen molar-refractivity contribution in [3.05, 3.63) is 108 Å². The van der Waals surface area contributed by atoms with E-state index in [2.05, 4.69) is 67.7 Å². The average molecular weight is 1290 g/mol. The zero-order chi connectivity index (χ0) is 64.6. The van der Waals surface area contributed by atoms with Crippen LogP contribution >= 0.6 is 0 Å². The van der Waals surface area contributed by atoms with Crippen molar-refractivity contribution in [2.45, 2.75) is 188 Å². The third-order valence-electron chi connectivity index (χ3n) is 16.6. The summed E-state index contributed by atoms with van der Waals surface area (Å²) < 4.78 is 132. The number of halogens is 1. The minimum Gasteiger partial charge on any atom is -0.414 e. The van der Waals surface area contributed by atoms with Crippen molar-refractivity contribution < 1.29 is 119 Å². The Balaban J connectivity index is 0.000000206. The van der Waals surface area contributed by atoms with Gasteiger partial charge in [-0.25, -0.2) is 8.37 Å². The van der Waals surface area contributed by atoms with Gasteiger partial charge in [0, 0.05) is 23.8 Å². The van der Waals surface area contributed by atoms with Crippen LogP contribution in [0.15, 0.2) is 91.0 Å². The molecule has 18 atom stereocenters. The van der Waals surface area contributed by atoms with Gasteiger partial charge in [-0.3, -0.25) is 4.39 Å². The Labute approximate surface area is 514 Å². The Morgan fingerprint density at radius 2 is 0.920 bits per heavy atom. The molecule has 0 aromatic heterocycles. The minimum absolute atomic E-state index is 0.0244. The molecule has 7 aliphatic heterocycles. The van der Waals surface area contributed by atoms with Gasteiger partial charge >= 0.3 is 10.4 Å². The molecule has 7 fully saturated rings. The third kappa shape index (κ3) is 19.3. The predicted octanol–water partition coefficient (Wildman–Crippen LogP) is 5.23. The summed E-state index contributed by atoms with van der Waals surface area (Å²) in [6.07, 6.45) is -14.4. The highest BCUT2D eigenvalue weighted by atomic mass is 32.3. The summed E-state index contributed by atoms with van der Waals surface area (Å²) in [7, 11) is -8.46. The maximum absolute atomic E-state index is 12.5. The summed E-state index contributed by atoms with van der Waals surface area (Å²) in [5, 5.41) is 58.0. The molecule has 7 heterocycles. The number of aliphatic hydroxyl groups is 6. The second kappa shape index (κ2) is 33.1. The van der Waals surface area contributed by atoms with E-state index >= 15 is 0 Å². The number of hydrogen-bond donors (Lipinski definition) is 6. The third-order valence-corrected chi connectivity index (χ3v) is 26.6. The van der Waals surface area contributed by atoms with Crippen LogP contribution in [0.4, 0.5) is 4.39 Å². The molecule has 10 rings (SSSR count). The first-order valence-corrected chi connectivity index (χ1v) is 36.0. The second-order valence-corrected chi connectivity index (χ2v) is 35.3. The van der Waals surface area contributed by atoms with Gasteiger partial charge in [-0.15, -0.1) is 0 Å². The van der Waals surface area contributed by atoms with E-state index in [4.69, 9.17) is 85.6 Å². The number of ether oxygens (including phenoxy) is 12. The molecule has 7 saturated heterocycles. The minimum atomic E-state index is -4.28. The summed E-state index contributed by atoms with van der Waals surface area (Å²) >= 11 is 0. The quantitative estimate of drug-likeness (QED) is 0.127. The highest BCUT2D eigenvalue weighted by molar-refractivity contribution is 7.82. The molecule has 0 aliphatic carbocycles. The summed E-state index contributed by atoms with van der Waals surface area (Å²) in [5.74, 6) is 0. The van der Waals surface area contributed by atoms with E-state index in [1.807, 2.05) is 91.0 Å². The van der Waals surface area contributed by atoms with Crippen LogP contribution in [0.5, 0.6) is 0 Å². The standard InChI is InChI=1S/C21H32O9SSi.C21H34O7Si.C15H20O7.CH3F.CH4O/c1-21(2,3)32(4,5)27-12-16-17-19(30-31(22,23)29-16)18-15(25-13-26-17)11-24-20(28-18)14-9-7-6-8-10-14;1-21(2,3)29(4,5)27-11-15(22)18-17(23)19-16(25-13-26-18)12-24-20(28-19)14-9-7-6-8-10-14;16-6-10(17)13-12(18)14-11(20-8-21-13)7-19-15(22-14)9-4-2-1-3-5-9;2*1-2/h6-10,15-20H,11-13H2,1-5H3;6-10,15-20,22-23H,11-13H2,1-5H3;1-5,10-18H,6-8H2;1H3;2H,1H3/t15-,16?,17-,18-,19?,20-;15-,16-,17-,18-,19-,20?;10-,11-,12-,13-,14-,15?;;/m111../s1/i;;;1D;. The van der Waals surface area contributed by atoms with Crippen LogP contribution in [0.3, 0.4) is 0 Å². The first kappa shape index (κ1) is 71.5. The molecule has 494 valence electrons. The molecular weight excluding hydrogens is 1200 g/mol. The monoisotopic (exact) mass is 1290 g/mol. The Kier molecular flexibility index (Phi) is 27.2. The molecule has 0 bridgehead atoms. The Hall–Kier alpha value is -2.91. The van der Waals surface area contributed by atoms with E-state index in [1.165, 1.54) is 0 Å². The fraction of sp³-hybridized carbons (Fsp3) is 0.695. The van der Waals surface area contributed by atoms with Gasteiger partial charge in [0.25, 0.3) is 0 Å². The molecule has 7 aliphatic rings. The number of fused-ring (bicyclic) bond motifs is 5. The van der Waals surface area contributed by atoms with Gasteiger partial charge in [-0.1, -0.05) is 133 Å². The Morgan fingerprint density at radius 3 is 1.32 bits per heavy atom. The van der Waals surface area contributed by atoms with Crippen LogP contribution in [0.1, 0.15) is 78.5 Å². The van der Waals surface area contributed by atoms with Crippen LogP contribution in [-0.2, 0) is 84.5 Å². The average Bonchev–Trinajstić information content (AvgIpc) is 2.25. The fourth-order valence-electron chi connectivity index (χ4n) is 9.59. The van der Waals surface area contributed by atoms with Crippen molar-refractivity contribution in [1.82, 2.24) is 0 Å². The first-order valence-electron chi connectivity index (χ1n) is 29.6. The SMILES string of the molecule is CC(C)(C)[Si](C)(C)OCC1OS(=O)(=O)OC2[C@@H]1OCO[C@@H]1CO[C@@H](c3ccccc3)O[C@@H]21.CC(C)(C)[Si](C)(C)OC[C@@H](O)[C@H]1OCO[C@@H]2COC(c3ccccc3)O[C@H]2[C@@H]1O.CO.OC[C@@H](O)[C@H]1OCO[C@@H]2COC(c3ccccc3)O[C@H]2[C@@H]1O.[2H]CF. The van der Waals surface area contributed by atoms with E-state index in [9.17, 15) is 33.2 Å². The van der Waals surface area contributed by atoms with Crippen LogP contribution in [0.2, 0.25) is 36.3 Å². The van der Waals surface area contributed by atoms with Gasteiger partial charge in [-0.2, -0.15) is 8.42 Å². The van der Waals surface area contributed by atoms with Crippen molar-refractivity contribution in [3.63, 3.8) is 0 Å². The van der Waals surface area contributed by atoms with Gasteiger partial charge < -0.3 is 96.3 Å². The molecule has 87 heavy (non-hydrogen) atoms. The van der Waals surface area contributed by atoms with E-state index in [0.29, 0.717) is 0 Å². The van der Waals surface area contributed by atoms with Crippen LogP contribution in [0.25, 0.3) is 0 Å². The van der Waals surface area contributed by atoms with Crippen molar-refractivity contribution in [1.29, 1.82) is 0 Å². The summed E-state index contributed by atoms with van der Waals surface area (Å²) in [6.45, 7) is 21.3. The van der Waals surface area contributed by atoms with Crippen LogP contribution < -0.4 is 0 Å². The summed E-state index contributed by atoms with van der Waals surface area (Å²) in [5.41, 5.74) is 2.51. The number of aliphatic hydroxyl groups excluding tert-OH is 6. The lowest BCUT2D eigenvalue weighted by atomic mass is 9.98. The maximum Gasteiger partial charge on any atom is 0.400 e. The van der Waals surface area contributed by atoms with E-state index in [1.54, 1.807) is 0 Å². The predicted molar refractivity (Wildman–Crippen MR) is 315 cm³/mol. The lowest BCUT2D eigenvalue weighted by Crippen LogP contribution is -2.59. The highest BCUT2D eigenvalue weighted by Gasteiger charge is 2.55. The van der Waals surface area contributed by atoms with Gasteiger partial charge in [0.05, 0.1) is 48.2 Å². The van der Waals surface area contributed by atoms with E-state index in [0.717, 1.165) is 23.8 Å². The smallest absolute Gasteiger partial charge is 0.400 e. The molecule has 28 heteroatoms. The molecule has 4 unspecified atom stereocenters. The normalized spacial score (nSPS) is 33.5. The van der Waals surface area contributed by atoms with Crippen LogP contribution in [-0.4, -0.2) is 222 Å². The van der Waals surface area contributed by atoms with E-state index in [-0.39, 0.29) is 63.5 Å². The molecule has 0 spiro atoms. The Bertz CT molecular complexity index is 2580. The number of rotatable bonds is 12. The molecule has 3 aromatic rings. The number of benzene rings is 3. The molecule has 24 nitrogen and oxygen atoms in total.